The Morgan fingerprint density at radius 1 is 0.479 bits per heavy atom. The standard InChI is InChI=1S/C47H46O/c1-5-9-13-17-21-35-25-27-36(28-26-35)47(48)44-34-39(24-20-16-12-8-4)42-30-29-40-37(22-18-14-10-6-2)33-38(23-19-15-11-7-3)41-31-32-43(44)46(42)45(40)41/h25-34H,5-16H2,1-4H3. The lowest BCUT2D eigenvalue weighted by Gasteiger charge is -2.17. The SMILES string of the molecule is CCCCC#Cc1ccc(C(=O)c2cc(C#CCCCC)c3ccc4c(C#CCCCC)cc(C#CCCCC)c5ccc2c3c45)cc1. The molecule has 0 heterocycles. The van der Waals surface area contributed by atoms with Gasteiger partial charge in [0.15, 0.2) is 5.78 Å². The molecule has 0 saturated carbocycles. The van der Waals surface area contributed by atoms with E-state index in [0.29, 0.717) is 11.1 Å². The summed E-state index contributed by atoms with van der Waals surface area (Å²) in [5.74, 6) is 27.2. The summed E-state index contributed by atoms with van der Waals surface area (Å²) < 4.78 is 0. The number of ketones is 1. The molecule has 5 rings (SSSR count). The Labute approximate surface area is 288 Å². The number of carbonyl (C=O) groups is 1. The maximum Gasteiger partial charge on any atom is 0.193 e. The van der Waals surface area contributed by atoms with Gasteiger partial charge >= 0.3 is 0 Å². The molecule has 240 valence electrons. The number of carbonyl (C=O) groups excluding carboxylic acids is 1. The summed E-state index contributed by atoms with van der Waals surface area (Å²) in [7, 11) is 0. The second-order valence-corrected chi connectivity index (χ2v) is 12.5. The lowest BCUT2D eigenvalue weighted by Crippen LogP contribution is -2.04. The molecule has 5 aromatic carbocycles. The van der Waals surface area contributed by atoms with Crippen molar-refractivity contribution in [3.05, 3.63) is 94.0 Å². The van der Waals surface area contributed by atoms with Crippen molar-refractivity contribution < 1.29 is 4.79 Å². The Balaban J connectivity index is 1.75. The molecule has 0 aliphatic carbocycles. The van der Waals surface area contributed by atoms with E-state index in [1.807, 2.05) is 30.3 Å². The maximum absolute atomic E-state index is 14.3. The molecule has 1 nitrogen and oxygen atoms in total. The quantitative estimate of drug-likeness (QED) is 0.0652. The summed E-state index contributed by atoms with van der Waals surface area (Å²) >= 11 is 0. The molecule has 0 radical (unpaired) electrons. The molecule has 0 aliphatic heterocycles. The van der Waals surface area contributed by atoms with Crippen molar-refractivity contribution in [2.75, 3.05) is 0 Å². The number of benzene rings is 5. The first-order valence-corrected chi connectivity index (χ1v) is 18.0. The summed E-state index contributed by atoms with van der Waals surface area (Å²) in [6.07, 6.45) is 12.3. The number of rotatable bonds is 10. The third-order valence-corrected chi connectivity index (χ3v) is 8.81. The van der Waals surface area contributed by atoms with E-state index in [2.05, 4.69) is 105 Å². The predicted octanol–water partition coefficient (Wildman–Crippen LogP) is 12.0. The van der Waals surface area contributed by atoms with E-state index < -0.39 is 0 Å². The topological polar surface area (TPSA) is 17.1 Å². The summed E-state index contributed by atoms with van der Waals surface area (Å²) in [4.78, 5) is 14.3. The molecule has 0 amide bonds. The van der Waals surface area contributed by atoms with Crippen LogP contribution < -0.4 is 0 Å². The zero-order valence-electron chi connectivity index (χ0n) is 29.2. The third kappa shape index (κ3) is 7.94. The molecule has 0 N–H and O–H groups in total. The second-order valence-electron chi connectivity index (χ2n) is 12.5. The normalized spacial score (nSPS) is 10.5. The van der Waals surface area contributed by atoms with Crippen LogP contribution in [0.25, 0.3) is 32.3 Å². The first-order chi connectivity index (χ1) is 23.6. The summed E-state index contributed by atoms with van der Waals surface area (Å²) in [6, 6.07) is 20.6. The van der Waals surface area contributed by atoms with Crippen molar-refractivity contribution in [1.29, 1.82) is 0 Å². The van der Waals surface area contributed by atoms with Crippen LogP contribution in [0, 0.1) is 47.4 Å². The molecule has 0 bridgehead atoms. The molecule has 0 saturated heterocycles. The van der Waals surface area contributed by atoms with Gasteiger partial charge in [0, 0.05) is 59.1 Å². The van der Waals surface area contributed by atoms with Gasteiger partial charge in [-0.05, 0) is 94.4 Å². The average Bonchev–Trinajstić information content (AvgIpc) is 3.12. The molecule has 0 aromatic heterocycles. The number of hydrogen-bond acceptors (Lipinski definition) is 1. The van der Waals surface area contributed by atoms with Crippen LogP contribution in [0.15, 0.2) is 60.7 Å². The molecular formula is C47H46O. The first-order valence-electron chi connectivity index (χ1n) is 18.0. The van der Waals surface area contributed by atoms with Gasteiger partial charge in [0.05, 0.1) is 0 Å². The van der Waals surface area contributed by atoms with E-state index in [1.54, 1.807) is 0 Å². The van der Waals surface area contributed by atoms with E-state index in [-0.39, 0.29) is 5.78 Å². The monoisotopic (exact) mass is 626 g/mol. The lowest BCUT2D eigenvalue weighted by molar-refractivity contribution is 0.104. The Morgan fingerprint density at radius 3 is 1.33 bits per heavy atom. The van der Waals surface area contributed by atoms with E-state index in [1.165, 1.54) is 0 Å². The van der Waals surface area contributed by atoms with Gasteiger partial charge in [-0.3, -0.25) is 4.79 Å². The molecule has 1 heteroatoms. The minimum atomic E-state index is -0.00537. The Kier molecular flexibility index (Phi) is 12.4. The summed E-state index contributed by atoms with van der Waals surface area (Å²) in [6.45, 7) is 8.75. The van der Waals surface area contributed by atoms with Crippen LogP contribution in [0.3, 0.4) is 0 Å². The smallest absolute Gasteiger partial charge is 0.193 e. The van der Waals surface area contributed by atoms with E-state index in [4.69, 9.17) is 0 Å². The van der Waals surface area contributed by atoms with Crippen molar-refractivity contribution in [1.82, 2.24) is 0 Å². The van der Waals surface area contributed by atoms with Crippen molar-refractivity contribution in [2.24, 2.45) is 0 Å². The van der Waals surface area contributed by atoms with Gasteiger partial charge < -0.3 is 0 Å². The fourth-order valence-electron chi connectivity index (χ4n) is 6.05. The van der Waals surface area contributed by atoms with Gasteiger partial charge in [0.25, 0.3) is 0 Å². The zero-order valence-corrected chi connectivity index (χ0v) is 29.2. The van der Waals surface area contributed by atoms with Gasteiger partial charge in [-0.15, -0.1) is 0 Å². The Morgan fingerprint density at radius 2 is 0.875 bits per heavy atom. The molecule has 0 unspecified atom stereocenters. The van der Waals surface area contributed by atoms with Gasteiger partial charge in [-0.2, -0.15) is 0 Å². The minimum Gasteiger partial charge on any atom is -0.289 e. The molecule has 5 aromatic rings. The largest absolute Gasteiger partial charge is 0.289 e. The highest BCUT2D eigenvalue weighted by atomic mass is 16.1. The zero-order chi connectivity index (χ0) is 33.7. The van der Waals surface area contributed by atoms with Gasteiger partial charge in [0.1, 0.15) is 0 Å². The molecule has 0 fully saturated rings. The highest BCUT2D eigenvalue weighted by molar-refractivity contribution is 6.30. The highest BCUT2D eigenvalue weighted by Gasteiger charge is 2.21. The van der Waals surface area contributed by atoms with Crippen LogP contribution in [0.1, 0.15) is 143 Å². The van der Waals surface area contributed by atoms with Crippen molar-refractivity contribution in [3.8, 4) is 47.4 Å². The molecule has 48 heavy (non-hydrogen) atoms. The van der Waals surface area contributed by atoms with Crippen LogP contribution in [-0.4, -0.2) is 5.78 Å². The molecule has 0 spiro atoms. The van der Waals surface area contributed by atoms with Crippen LogP contribution in [0.5, 0.6) is 0 Å². The Hall–Kier alpha value is -4.95. The van der Waals surface area contributed by atoms with Gasteiger partial charge in [-0.1, -0.05) is 125 Å². The van der Waals surface area contributed by atoms with Crippen LogP contribution >= 0.6 is 0 Å². The summed E-state index contributed by atoms with van der Waals surface area (Å²) in [5, 5.41) is 6.41. The second kappa shape index (κ2) is 17.3. The Bertz CT molecular complexity index is 2100. The number of unbranched alkanes of at least 4 members (excludes halogenated alkanes) is 8. The predicted molar refractivity (Wildman–Crippen MR) is 206 cm³/mol. The average molecular weight is 627 g/mol. The van der Waals surface area contributed by atoms with E-state index in [0.717, 1.165) is 132 Å². The van der Waals surface area contributed by atoms with Crippen LogP contribution in [-0.2, 0) is 0 Å². The highest BCUT2D eigenvalue weighted by Crippen LogP contribution is 2.40. The molecule has 0 atom stereocenters. The maximum atomic E-state index is 14.3. The summed E-state index contributed by atoms with van der Waals surface area (Å²) in [5.41, 5.74) is 5.14. The van der Waals surface area contributed by atoms with Crippen molar-refractivity contribution in [3.63, 3.8) is 0 Å². The molecular weight excluding hydrogens is 581 g/mol. The van der Waals surface area contributed by atoms with Crippen LogP contribution in [0.2, 0.25) is 0 Å². The molecule has 0 aliphatic rings. The fourth-order valence-corrected chi connectivity index (χ4v) is 6.05. The van der Waals surface area contributed by atoms with Crippen molar-refractivity contribution in [2.45, 2.75) is 105 Å². The van der Waals surface area contributed by atoms with Gasteiger partial charge in [0.2, 0.25) is 0 Å². The fraction of sp³-hybridized carbons (Fsp3) is 0.340. The third-order valence-electron chi connectivity index (χ3n) is 8.81. The van der Waals surface area contributed by atoms with Crippen molar-refractivity contribution >= 4 is 38.1 Å². The van der Waals surface area contributed by atoms with Crippen LogP contribution in [0.4, 0.5) is 0 Å². The number of hydrogen-bond donors (Lipinski definition) is 0. The first kappa shape index (κ1) is 34.4. The van der Waals surface area contributed by atoms with Gasteiger partial charge in [-0.25, -0.2) is 0 Å². The lowest BCUT2D eigenvalue weighted by atomic mass is 9.85. The van der Waals surface area contributed by atoms with E-state index in [9.17, 15) is 4.79 Å². The van der Waals surface area contributed by atoms with E-state index >= 15 is 0 Å². The minimum absolute atomic E-state index is 0.00537.